The quantitative estimate of drug-likeness (QED) is 0.502. The Morgan fingerprint density at radius 1 is 1.24 bits per heavy atom. The summed E-state index contributed by atoms with van der Waals surface area (Å²) in [5, 5.41) is 11.0. The number of amides is 2. The van der Waals surface area contributed by atoms with Crippen LogP contribution in [-0.4, -0.2) is 29.0 Å². The van der Waals surface area contributed by atoms with Crippen LogP contribution in [0.5, 0.6) is 0 Å². The molecule has 2 aromatic rings. The molecular formula is C17H15N3O4S. The minimum atomic E-state index is -0.474. The van der Waals surface area contributed by atoms with E-state index in [9.17, 15) is 19.7 Å². The zero-order valence-electron chi connectivity index (χ0n) is 13.2. The maximum atomic E-state index is 13.0. The van der Waals surface area contributed by atoms with E-state index in [0.717, 1.165) is 5.56 Å². The molecule has 1 heterocycles. The molecule has 2 amide bonds. The van der Waals surface area contributed by atoms with Crippen molar-refractivity contribution < 1.29 is 14.5 Å². The molecular weight excluding hydrogens is 342 g/mol. The summed E-state index contributed by atoms with van der Waals surface area (Å²) in [6, 6.07) is 11.5. The number of carbonyl (C=O) groups is 2. The predicted molar refractivity (Wildman–Crippen MR) is 94.8 cm³/mol. The average Bonchev–Trinajstić information content (AvgIpc) is 3.02. The second kappa shape index (κ2) is 6.94. The molecule has 128 valence electrons. The number of nitrogens with zero attached hydrogens (tertiary/aromatic N) is 2. The summed E-state index contributed by atoms with van der Waals surface area (Å²) in [7, 11) is 0. The lowest BCUT2D eigenvalue weighted by molar-refractivity contribution is -0.384. The zero-order valence-corrected chi connectivity index (χ0v) is 14.0. The number of thioether (sulfide) groups is 1. The number of primary amides is 1. The fourth-order valence-corrected chi connectivity index (χ4v) is 3.54. The molecule has 0 unspecified atom stereocenters. The third-order valence-electron chi connectivity index (χ3n) is 3.91. The molecule has 1 aliphatic heterocycles. The second-order valence-corrected chi connectivity index (χ2v) is 6.55. The summed E-state index contributed by atoms with van der Waals surface area (Å²) in [5.74, 6) is -0.631. The van der Waals surface area contributed by atoms with Crippen LogP contribution in [0.3, 0.4) is 0 Å². The van der Waals surface area contributed by atoms with Gasteiger partial charge in [0.25, 0.3) is 11.6 Å². The van der Waals surface area contributed by atoms with Crippen LogP contribution in [0.2, 0.25) is 0 Å². The fourth-order valence-electron chi connectivity index (χ4n) is 2.76. The highest BCUT2D eigenvalue weighted by molar-refractivity contribution is 8.00. The molecule has 2 N–H and O–H groups in total. The van der Waals surface area contributed by atoms with Gasteiger partial charge in [0, 0.05) is 23.6 Å². The van der Waals surface area contributed by atoms with Crippen molar-refractivity contribution in [3.05, 3.63) is 63.7 Å². The van der Waals surface area contributed by atoms with Gasteiger partial charge >= 0.3 is 0 Å². The van der Waals surface area contributed by atoms with E-state index < -0.39 is 10.8 Å². The molecule has 25 heavy (non-hydrogen) atoms. The SMILES string of the molecule is NC(=O)CSc1ccccc1C(=O)N1CCc2ccc([N+](=O)[O-])cc21. The van der Waals surface area contributed by atoms with Crippen LogP contribution in [0.25, 0.3) is 0 Å². The summed E-state index contributed by atoms with van der Waals surface area (Å²) in [6.45, 7) is 0.462. The normalized spacial score (nSPS) is 12.7. The van der Waals surface area contributed by atoms with Crippen LogP contribution in [0.1, 0.15) is 15.9 Å². The number of non-ortho nitro benzene ring substituents is 1. The number of fused-ring (bicyclic) bond motifs is 1. The molecule has 0 bridgehead atoms. The van der Waals surface area contributed by atoms with Gasteiger partial charge < -0.3 is 10.6 Å². The summed E-state index contributed by atoms with van der Waals surface area (Å²) < 4.78 is 0. The Morgan fingerprint density at radius 3 is 2.72 bits per heavy atom. The topological polar surface area (TPSA) is 107 Å². The van der Waals surface area contributed by atoms with Crippen molar-refractivity contribution in [3.8, 4) is 0 Å². The van der Waals surface area contributed by atoms with Gasteiger partial charge in [0.15, 0.2) is 0 Å². The number of nitro groups is 1. The Kier molecular flexibility index (Phi) is 4.71. The van der Waals surface area contributed by atoms with Crippen molar-refractivity contribution in [1.82, 2.24) is 0 Å². The third-order valence-corrected chi connectivity index (χ3v) is 5.00. The predicted octanol–water partition coefficient (Wildman–Crippen LogP) is 2.38. The van der Waals surface area contributed by atoms with Crippen molar-refractivity contribution in [3.63, 3.8) is 0 Å². The van der Waals surface area contributed by atoms with Crippen LogP contribution in [0.4, 0.5) is 11.4 Å². The van der Waals surface area contributed by atoms with Crippen LogP contribution < -0.4 is 10.6 Å². The highest BCUT2D eigenvalue weighted by atomic mass is 32.2. The number of nitro benzene ring substituents is 1. The van der Waals surface area contributed by atoms with E-state index in [2.05, 4.69) is 0 Å². The standard InChI is InChI=1S/C17H15N3O4S/c18-16(21)10-25-15-4-2-1-3-13(15)17(22)19-8-7-11-5-6-12(20(23)24)9-14(11)19/h1-6,9H,7-8,10H2,(H2,18,21). The van der Waals surface area contributed by atoms with E-state index in [1.807, 2.05) is 0 Å². The van der Waals surface area contributed by atoms with E-state index in [1.165, 1.54) is 23.9 Å². The van der Waals surface area contributed by atoms with Crippen molar-refractivity contribution in [1.29, 1.82) is 0 Å². The molecule has 0 aromatic heterocycles. The number of anilines is 1. The first-order valence-electron chi connectivity index (χ1n) is 7.56. The van der Waals surface area contributed by atoms with Crippen LogP contribution in [0, 0.1) is 10.1 Å². The lowest BCUT2D eigenvalue weighted by Crippen LogP contribution is -2.29. The molecule has 0 spiro atoms. The maximum Gasteiger partial charge on any atom is 0.271 e. The highest BCUT2D eigenvalue weighted by Crippen LogP contribution is 2.34. The van der Waals surface area contributed by atoms with Crippen molar-refractivity contribution in [2.24, 2.45) is 5.73 Å². The molecule has 3 rings (SSSR count). The first-order valence-corrected chi connectivity index (χ1v) is 8.55. The van der Waals surface area contributed by atoms with Crippen molar-refractivity contribution >= 4 is 35.0 Å². The highest BCUT2D eigenvalue weighted by Gasteiger charge is 2.28. The fraction of sp³-hybridized carbons (Fsp3) is 0.176. The van der Waals surface area contributed by atoms with E-state index in [0.29, 0.717) is 29.1 Å². The molecule has 0 fully saturated rings. The number of benzene rings is 2. The summed E-state index contributed by atoms with van der Waals surface area (Å²) >= 11 is 1.20. The van der Waals surface area contributed by atoms with Gasteiger partial charge in [-0.15, -0.1) is 11.8 Å². The van der Waals surface area contributed by atoms with Crippen LogP contribution in [-0.2, 0) is 11.2 Å². The molecule has 0 aliphatic carbocycles. The summed E-state index contributed by atoms with van der Waals surface area (Å²) in [4.78, 5) is 36.7. The Morgan fingerprint density at radius 2 is 2.00 bits per heavy atom. The second-order valence-electron chi connectivity index (χ2n) is 5.53. The number of hydrogen-bond acceptors (Lipinski definition) is 5. The van der Waals surface area contributed by atoms with Crippen LogP contribution in [0.15, 0.2) is 47.4 Å². The lowest BCUT2D eigenvalue weighted by atomic mass is 10.1. The Hall–Kier alpha value is -2.87. The first kappa shape index (κ1) is 17.0. The van der Waals surface area contributed by atoms with Gasteiger partial charge in [-0.3, -0.25) is 19.7 Å². The van der Waals surface area contributed by atoms with Gasteiger partial charge in [-0.05, 0) is 24.1 Å². The maximum absolute atomic E-state index is 13.0. The van der Waals surface area contributed by atoms with E-state index >= 15 is 0 Å². The van der Waals surface area contributed by atoms with E-state index in [4.69, 9.17) is 5.73 Å². The molecule has 0 radical (unpaired) electrons. The summed E-state index contributed by atoms with van der Waals surface area (Å²) in [6.07, 6.45) is 0.648. The minimum absolute atomic E-state index is 0.0464. The van der Waals surface area contributed by atoms with Gasteiger partial charge in [0.05, 0.1) is 21.9 Å². The minimum Gasteiger partial charge on any atom is -0.369 e. The van der Waals surface area contributed by atoms with Gasteiger partial charge in [-0.2, -0.15) is 0 Å². The Balaban J connectivity index is 1.93. The van der Waals surface area contributed by atoms with E-state index in [1.54, 1.807) is 35.2 Å². The van der Waals surface area contributed by atoms with E-state index in [-0.39, 0.29) is 17.3 Å². The molecule has 2 aromatic carbocycles. The van der Waals surface area contributed by atoms with Gasteiger partial charge in [-0.25, -0.2) is 0 Å². The molecule has 8 heteroatoms. The number of carbonyl (C=O) groups excluding carboxylic acids is 2. The van der Waals surface area contributed by atoms with Gasteiger partial charge in [0.1, 0.15) is 0 Å². The first-order chi connectivity index (χ1) is 12.0. The molecule has 0 atom stereocenters. The largest absolute Gasteiger partial charge is 0.369 e. The molecule has 0 saturated carbocycles. The Labute approximate surface area is 148 Å². The number of rotatable bonds is 5. The lowest BCUT2D eigenvalue weighted by Gasteiger charge is -2.19. The van der Waals surface area contributed by atoms with Crippen LogP contribution >= 0.6 is 11.8 Å². The summed E-state index contributed by atoms with van der Waals surface area (Å²) in [5.41, 5.74) is 7.05. The molecule has 0 saturated heterocycles. The monoisotopic (exact) mass is 357 g/mol. The van der Waals surface area contributed by atoms with Crippen molar-refractivity contribution in [2.75, 3.05) is 17.2 Å². The Bertz CT molecular complexity index is 869. The van der Waals surface area contributed by atoms with Crippen molar-refractivity contribution in [2.45, 2.75) is 11.3 Å². The van der Waals surface area contributed by atoms with Gasteiger partial charge in [-0.1, -0.05) is 18.2 Å². The average molecular weight is 357 g/mol. The smallest absolute Gasteiger partial charge is 0.271 e. The molecule has 1 aliphatic rings. The number of hydrogen-bond donors (Lipinski definition) is 1. The molecule has 7 nitrogen and oxygen atoms in total. The number of nitrogens with two attached hydrogens (primary N) is 1. The van der Waals surface area contributed by atoms with Gasteiger partial charge in [0.2, 0.25) is 5.91 Å². The third kappa shape index (κ3) is 3.48. The zero-order chi connectivity index (χ0) is 18.0.